The zero-order valence-electron chi connectivity index (χ0n) is 21.7. The van der Waals surface area contributed by atoms with Crippen LogP contribution in [-0.2, 0) is 24.4 Å². The summed E-state index contributed by atoms with van der Waals surface area (Å²) in [6.07, 6.45) is 5.50. The van der Waals surface area contributed by atoms with Crippen LogP contribution in [0.5, 0.6) is 0 Å². The van der Waals surface area contributed by atoms with Crippen molar-refractivity contribution in [2.45, 2.75) is 54.7 Å². The molecule has 4 N–H and O–H groups in total. The van der Waals surface area contributed by atoms with E-state index in [1.807, 2.05) is 30.3 Å². The second-order valence-corrected chi connectivity index (χ2v) is 12.0. The molecule has 0 saturated heterocycles. The molecule has 2 aliphatic rings. The Hall–Kier alpha value is -4.03. The van der Waals surface area contributed by atoms with Crippen LogP contribution in [0.3, 0.4) is 0 Å². The summed E-state index contributed by atoms with van der Waals surface area (Å²) in [5.41, 5.74) is -0.328. The molecule has 0 radical (unpaired) electrons. The minimum atomic E-state index is -4.25. The van der Waals surface area contributed by atoms with E-state index in [1.165, 1.54) is 12.1 Å². The van der Waals surface area contributed by atoms with Gasteiger partial charge in [-0.1, -0.05) is 41.6 Å². The van der Waals surface area contributed by atoms with E-state index in [-0.39, 0.29) is 10.6 Å². The fourth-order valence-corrected chi connectivity index (χ4v) is 6.63. The molecule has 2 heterocycles. The van der Waals surface area contributed by atoms with E-state index in [0.717, 1.165) is 30.6 Å². The van der Waals surface area contributed by atoms with E-state index in [4.69, 9.17) is 4.84 Å². The number of amides is 1. The number of fused-ring (bicyclic) bond motifs is 1. The first kappa shape index (κ1) is 27.5. The normalized spacial score (nSPS) is 22.2. The summed E-state index contributed by atoms with van der Waals surface area (Å²) >= 11 is 0. The van der Waals surface area contributed by atoms with Gasteiger partial charge in [0.2, 0.25) is 16.4 Å². The molecule has 0 bridgehead atoms. The molecule has 1 amide bonds. The van der Waals surface area contributed by atoms with Crippen LogP contribution >= 0.6 is 0 Å². The van der Waals surface area contributed by atoms with Gasteiger partial charge < -0.3 is 20.6 Å². The third kappa shape index (κ3) is 6.07. The summed E-state index contributed by atoms with van der Waals surface area (Å²) in [6.45, 7) is 0.772. The van der Waals surface area contributed by atoms with Crippen LogP contribution in [0.2, 0.25) is 0 Å². The molecule has 1 aliphatic carbocycles. The summed E-state index contributed by atoms with van der Waals surface area (Å²) in [6, 6.07) is 14.6. The van der Waals surface area contributed by atoms with Crippen LogP contribution in [0, 0.1) is 5.92 Å². The van der Waals surface area contributed by atoms with Crippen molar-refractivity contribution in [3.63, 3.8) is 0 Å². The van der Waals surface area contributed by atoms with Crippen molar-refractivity contribution < 1.29 is 28.0 Å². The van der Waals surface area contributed by atoms with E-state index in [1.54, 1.807) is 24.4 Å². The van der Waals surface area contributed by atoms with Gasteiger partial charge in [-0.3, -0.25) is 9.59 Å². The van der Waals surface area contributed by atoms with Crippen LogP contribution in [0.4, 0.5) is 5.82 Å². The predicted octanol–water partition coefficient (Wildman–Crippen LogP) is 2.90. The molecule has 11 nitrogen and oxygen atoms in total. The molecule has 5 rings (SSSR count). The number of aromatic nitrogens is 1. The number of carboxylic acids is 1. The number of hydrogen-bond acceptors (Lipinski definition) is 8. The van der Waals surface area contributed by atoms with Gasteiger partial charge in [0.05, 0.1) is 16.6 Å². The number of aliphatic carboxylic acids is 1. The van der Waals surface area contributed by atoms with Crippen molar-refractivity contribution in [3.05, 3.63) is 66.9 Å². The molecule has 2 atom stereocenters. The SMILES string of the molecule is O=CNC(C1=NOC2(CCC(CNc3ccccn3)CC2)C1)[C@H](NS(=O)(=O)c1ccc2ccccc2c1)C(=O)O. The highest BCUT2D eigenvalue weighted by atomic mass is 32.2. The lowest BCUT2D eigenvalue weighted by molar-refractivity contribution is -0.139. The molecule has 1 fully saturated rings. The molecule has 3 aromatic rings. The third-order valence-electron chi connectivity index (χ3n) is 7.63. The zero-order chi connectivity index (χ0) is 28.2. The van der Waals surface area contributed by atoms with E-state index >= 15 is 0 Å². The molecule has 40 heavy (non-hydrogen) atoms. The molecule has 1 aliphatic heterocycles. The molecule has 210 valence electrons. The number of rotatable bonds is 11. The fraction of sp³-hybridized carbons (Fsp3) is 0.357. The van der Waals surface area contributed by atoms with Crippen molar-refractivity contribution in [2.24, 2.45) is 11.1 Å². The number of nitrogens with zero attached hydrogens (tertiary/aromatic N) is 2. The van der Waals surface area contributed by atoms with Crippen LogP contribution < -0.4 is 15.4 Å². The van der Waals surface area contributed by atoms with Crippen LogP contribution in [0.15, 0.2) is 76.9 Å². The summed E-state index contributed by atoms with van der Waals surface area (Å²) in [5.74, 6) is -0.222. The molecular formula is C28H31N5O6S. The number of carbonyl (C=O) groups excluding carboxylic acids is 1. The first-order valence-electron chi connectivity index (χ1n) is 13.1. The summed E-state index contributed by atoms with van der Waals surface area (Å²) < 4.78 is 28.7. The van der Waals surface area contributed by atoms with Gasteiger partial charge in [-0.05, 0) is 66.6 Å². The monoisotopic (exact) mass is 565 g/mol. The topological polar surface area (TPSA) is 159 Å². The molecule has 1 unspecified atom stereocenters. The van der Waals surface area contributed by atoms with Gasteiger partial charge in [0.15, 0.2) is 0 Å². The maximum absolute atomic E-state index is 13.2. The Labute approximate surface area is 232 Å². The number of carboxylic acid groups (broad SMARTS) is 1. The Morgan fingerprint density at radius 2 is 1.85 bits per heavy atom. The Balaban J connectivity index is 1.26. The average Bonchev–Trinajstić information content (AvgIpc) is 3.38. The molecule has 1 aromatic heterocycles. The Morgan fingerprint density at radius 1 is 1.10 bits per heavy atom. The minimum absolute atomic E-state index is 0.0824. The van der Waals surface area contributed by atoms with Crippen molar-refractivity contribution in [2.75, 3.05) is 11.9 Å². The van der Waals surface area contributed by atoms with E-state index in [2.05, 4.69) is 25.5 Å². The number of sulfonamides is 1. The zero-order valence-corrected chi connectivity index (χ0v) is 22.5. The van der Waals surface area contributed by atoms with E-state index in [0.29, 0.717) is 37.0 Å². The first-order chi connectivity index (χ1) is 19.3. The molecular weight excluding hydrogens is 534 g/mol. The van der Waals surface area contributed by atoms with Gasteiger partial charge in [-0.15, -0.1) is 0 Å². The van der Waals surface area contributed by atoms with Crippen molar-refractivity contribution in [3.8, 4) is 0 Å². The minimum Gasteiger partial charge on any atom is -0.480 e. The van der Waals surface area contributed by atoms with Crippen molar-refractivity contribution in [1.29, 1.82) is 0 Å². The van der Waals surface area contributed by atoms with Crippen molar-refractivity contribution in [1.82, 2.24) is 15.0 Å². The Kier molecular flexibility index (Phi) is 7.99. The van der Waals surface area contributed by atoms with Crippen molar-refractivity contribution >= 4 is 44.7 Å². The smallest absolute Gasteiger partial charge is 0.324 e. The van der Waals surface area contributed by atoms with Gasteiger partial charge in [0.1, 0.15) is 17.5 Å². The van der Waals surface area contributed by atoms with Gasteiger partial charge in [-0.2, -0.15) is 4.72 Å². The standard InChI is InChI=1S/C28H31N5O6S/c34-18-31-25(26(27(35)36)33-40(37,38)22-9-8-20-5-1-2-6-21(20)15-22)23-16-28(39-32-23)12-10-19(11-13-28)17-30-24-7-3-4-14-29-24/h1-9,14-15,18-19,25-26,33H,10-13,16-17H2,(H,29,30)(H,31,34)(H,35,36)/t19?,25?,26-,28?/m0/s1. The third-order valence-corrected chi connectivity index (χ3v) is 9.07. The lowest BCUT2D eigenvalue weighted by atomic mass is 9.75. The number of pyridine rings is 1. The maximum atomic E-state index is 13.2. The van der Waals surface area contributed by atoms with E-state index in [9.17, 15) is 23.1 Å². The second kappa shape index (κ2) is 11.6. The van der Waals surface area contributed by atoms with Crippen LogP contribution in [0.1, 0.15) is 32.1 Å². The quantitative estimate of drug-likeness (QED) is 0.258. The second-order valence-electron chi connectivity index (χ2n) is 10.3. The summed E-state index contributed by atoms with van der Waals surface area (Å²) in [5, 5.41) is 21.5. The summed E-state index contributed by atoms with van der Waals surface area (Å²) in [4.78, 5) is 33.8. The lowest BCUT2D eigenvalue weighted by Crippen LogP contribution is -2.57. The number of hydrogen-bond donors (Lipinski definition) is 4. The predicted molar refractivity (Wildman–Crippen MR) is 149 cm³/mol. The van der Waals surface area contributed by atoms with Crippen LogP contribution in [-0.4, -0.2) is 60.8 Å². The molecule has 1 saturated carbocycles. The number of nitrogens with one attached hydrogen (secondary N) is 3. The Bertz CT molecular complexity index is 1510. The molecule has 1 spiro atoms. The molecule has 2 aromatic carbocycles. The number of benzene rings is 2. The maximum Gasteiger partial charge on any atom is 0.324 e. The first-order valence-corrected chi connectivity index (χ1v) is 14.6. The Morgan fingerprint density at radius 3 is 2.55 bits per heavy atom. The lowest BCUT2D eigenvalue weighted by Gasteiger charge is -2.35. The fourth-order valence-electron chi connectivity index (χ4n) is 5.40. The van der Waals surface area contributed by atoms with Crippen LogP contribution in [0.25, 0.3) is 10.8 Å². The largest absolute Gasteiger partial charge is 0.480 e. The van der Waals surface area contributed by atoms with E-state index < -0.39 is 33.7 Å². The number of oxime groups is 1. The molecule has 12 heteroatoms. The average molecular weight is 566 g/mol. The highest BCUT2D eigenvalue weighted by Crippen LogP contribution is 2.41. The highest BCUT2D eigenvalue weighted by Gasteiger charge is 2.47. The van der Waals surface area contributed by atoms with Gasteiger partial charge in [-0.25, -0.2) is 13.4 Å². The number of anilines is 1. The highest BCUT2D eigenvalue weighted by molar-refractivity contribution is 7.89. The summed E-state index contributed by atoms with van der Waals surface area (Å²) in [7, 11) is -4.25. The van der Waals surface area contributed by atoms with Gasteiger partial charge in [0.25, 0.3) is 0 Å². The van der Waals surface area contributed by atoms with Gasteiger partial charge in [0, 0.05) is 19.2 Å². The number of carbonyl (C=O) groups is 2. The van der Waals surface area contributed by atoms with Gasteiger partial charge >= 0.3 is 5.97 Å².